The van der Waals surface area contributed by atoms with Crippen molar-refractivity contribution in [2.45, 2.75) is 40.0 Å². The molecule has 0 aliphatic rings. The molecule has 1 aromatic carbocycles. The zero-order valence-electron chi connectivity index (χ0n) is 11.5. The van der Waals surface area contributed by atoms with Gasteiger partial charge in [0, 0.05) is 12.1 Å². The first-order valence-electron chi connectivity index (χ1n) is 6.66. The summed E-state index contributed by atoms with van der Waals surface area (Å²) in [6.07, 6.45) is 2.38. The summed E-state index contributed by atoms with van der Waals surface area (Å²) >= 11 is 0. The molecule has 0 heterocycles. The lowest BCUT2D eigenvalue weighted by Gasteiger charge is -2.29. The van der Waals surface area contributed by atoms with Crippen LogP contribution in [0, 0.1) is 17.0 Å². The van der Waals surface area contributed by atoms with E-state index in [0.717, 1.165) is 25.9 Å². The Morgan fingerprint density at radius 3 is 2.28 bits per heavy atom. The van der Waals surface area contributed by atoms with Gasteiger partial charge in [-0.2, -0.15) is 0 Å². The molecule has 1 atom stereocenters. The molecule has 0 radical (unpaired) electrons. The van der Waals surface area contributed by atoms with Crippen molar-refractivity contribution in [3.63, 3.8) is 0 Å². The minimum Gasteiger partial charge on any atom is -0.316 e. The van der Waals surface area contributed by atoms with Crippen LogP contribution in [0.4, 0.5) is 8.78 Å². The molecule has 18 heavy (non-hydrogen) atoms. The van der Waals surface area contributed by atoms with E-state index in [9.17, 15) is 8.78 Å². The maximum Gasteiger partial charge on any atom is 0.129 e. The predicted octanol–water partition coefficient (Wildman–Crippen LogP) is 3.92. The highest BCUT2D eigenvalue weighted by Crippen LogP contribution is 2.28. The molecule has 1 unspecified atom stereocenters. The average molecular weight is 255 g/mol. The molecule has 0 amide bonds. The van der Waals surface area contributed by atoms with Crippen LogP contribution in [-0.4, -0.2) is 13.1 Å². The molecule has 0 aliphatic heterocycles. The zero-order chi connectivity index (χ0) is 13.6. The van der Waals surface area contributed by atoms with Crippen molar-refractivity contribution in [3.8, 4) is 0 Å². The van der Waals surface area contributed by atoms with Gasteiger partial charge in [0.15, 0.2) is 0 Å². The van der Waals surface area contributed by atoms with Crippen molar-refractivity contribution in [1.29, 1.82) is 0 Å². The Morgan fingerprint density at radius 1 is 1.17 bits per heavy atom. The monoisotopic (exact) mass is 255 g/mol. The summed E-state index contributed by atoms with van der Waals surface area (Å²) in [5.41, 5.74) is 0.0956. The summed E-state index contributed by atoms with van der Waals surface area (Å²) in [5.74, 6) is -0.879. The fourth-order valence-electron chi connectivity index (χ4n) is 2.01. The topological polar surface area (TPSA) is 12.0 Å². The van der Waals surface area contributed by atoms with Crippen molar-refractivity contribution in [3.05, 3.63) is 35.4 Å². The van der Waals surface area contributed by atoms with Gasteiger partial charge >= 0.3 is 0 Å². The summed E-state index contributed by atoms with van der Waals surface area (Å²) in [6.45, 7) is 7.96. The fourth-order valence-corrected chi connectivity index (χ4v) is 2.01. The van der Waals surface area contributed by atoms with E-state index >= 15 is 0 Å². The van der Waals surface area contributed by atoms with Crippen LogP contribution in [0.3, 0.4) is 0 Å². The van der Waals surface area contributed by atoms with Gasteiger partial charge in [-0.1, -0.05) is 26.8 Å². The Balaban J connectivity index is 2.78. The van der Waals surface area contributed by atoms with Gasteiger partial charge in [0.05, 0.1) is 0 Å². The maximum absolute atomic E-state index is 13.6. The lowest BCUT2D eigenvalue weighted by Crippen LogP contribution is -2.34. The number of benzene rings is 1. The molecule has 0 saturated heterocycles. The molecule has 0 bridgehead atoms. The fraction of sp³-hybridized carbons (Fsp3) is 0.600. The van der Waals surface area contributed by atoms with E-state index in [1.165, 1.54) is 18.2 Å². The van der Waals surface area contributed by atoms with Crippen LogP contribution in [0.2, 0.25) is 0 Å². The molecule has 0 spiro atoms. The Kier molecular flexibility index (Phi) is 5.73. The van der Waals surface area contributed by atoms with E-state index in [2.05, 4.69) is 26.1 Å². The van der Waals surface area contributed by atoms with Crippen LogP contribution in [0.15, 0.2) is 18.2 Å². The van der Waals surface area contributed by atoms with Gasteiger partial charge < -0.3 is 5.32 Å². The molecule has 0 aromatic heterocycles. The molecule has 0 saturated carbocycles. The molecule has 1 rings (SSSR count). The van der Waals surface area contributed by atoms with E-state index in [4.69, 9.17) is 0 Å². The second-order valence-corrected chi connectivity index (χ2v) is 5.22. The van der Waals surface area contributed by atoms with Gasteiger partial charge in [-0.25, -0.2) is 8.78 Å². The van der Waals surface area contributed by atoms with Gasteiger partial charge in [0.1, 0.15) is 11.6 Å². The second-order valence-electron chi connectivity index (χ2n) is 5.22. The third kappa shape index (κ3) is 4.05. The molecule has 3 heteroatoms. The van der Waals surface area contributed by atoms with Crippen LogP contribution in [-0.2, 0) is 6.42 Å². The summed E-state index contributed by atoms with van der Waals surface area (Å²) in [7, 11) is 0. The summed E-state index contributed by atoms with van der Waals surface area (Å²) in [4.78, 5) is 0. The molecule has 1 N–H and O–H groups in total. The third-order valence-electron chi connectivity index (χ3n) is 3.50. The van der Waals surface area contributed by atoms with Crippen LogP contribution < -0.4 is 5.32 Å². The van der Waals surface area contributed by atoms with Crippen LogP contribution in [0.1, 0.15) is 39.2 Å². The first kappa shape index (κ1) is 15.1. The molecule has 0 fully saturated rings. The highest BCUT2D eigenvalue weighted by atomic mass is 19.1. The summed E-state index contributed by atoms with van der Waals surface area (Å²) in [6, 6.07) is 4.06. The zero-order valence-corrected chi connectivity index (χ0v) is 11.5. The van der Waals surface area contributed by atoms with Crippen molar-refractivity contribution < 1.29 is 8.78 Å². The number of hydrogen-bond acceptors (Lipinski definition) is 1. The molecular formula is C15H23F2N. The molecular weight excluding hydrogens is 232 g/mol. The highest BCUT2D eigenvalue weighted by molar-refractivity contribution is 5.21. The van der Waals surface area contributed by atoms with Gasteiger partial charge in [-0.05, 0) is 43.4 Å². The van der Waals surface area contributed by atoms with Crippen molar-refractivity contribution in [2.24, 2.45) is 5.41 Å². The third-order valence-corrected chi connectivity index (χ3v) is 3.50. The van der Waals surface area contributed by atoms with Gasteiger partial charge in [0.2, 0.25) is 0 Å². The number of hydrogen-bond donors (Lipinski definition) is 1. The van der Waals surface area contributed by atoms with E-state index in [0.29, 0.717) is 6.42 Å². The normalized spacial score (nSPS) is 14.5. The smallest absolute Gasteiger partial charge is 0.129 e. The summed E-state index contributed by atoms with van der Waals surface area (Å²) in [5, 5.41) is 3.34. The van der Waals surface area contributed by atoms with Crippen LogP contribution in [0.5, 0.6) is 0 Å². The molecule has 102 valence electrons. The van der Waals surface area contributed by atoms with Crippen LogP contribution in [0.25, 0.3) is 0 Å². The lowest BCUT2D eigenvalue weighted by atomic mass is 9.80. The van der Waals surface area contributed by atoms with Gasteiger partial charge in [-0.3, -0.25) is 0 Å². The number of rotatable bonds is 7. The van der Waals surface area contributed by atoms with Gasteiger partial charge in [0.25, 0.3) is 0 Å². The average Bonchev–Trinajstić information content (AvgIpc) is 2.35. The van der Waals surface area contributed by atoms with Crippen molar-refractivity contribution in [2.75, 3.05) is 13.1 Å². The van der Waals surface area contributed by atoms with Crippen LogP contribution >= 0.6 is 0 Å². The largest absolute Gasteiger partial charge is 0.316 e. The standard InChI is InChI=1S/C15H23F2N/c1-4-9-18-11-15(3,5-2)10-12-13(16)7-6-8-14(12)17/h6-8,18H,4-5,9-11H2,1-3H3. The predicted molar refractivity (Wildman–Crippen MR) is 71.6 cm³/mol. The quantitative estimate of drug-likeness (QED) is 0.728. The van der Waals surface area contributed by atoms with E-state index in [1.807, 2.05) is 0 Å². The van der Waals surface area contributed by atoms with E-state index < -0.39 is 11.6 Å². The van der Waals surface area contributed by atoms with Gasteiger partial charge in [-0.15, -0.1) is 0 Å². The Labute approximate surface area is 109 Å². The SMILES string of the molecule is CCCNCC(C)(CC)Cc1c(F)cccc1F. The Morgan fingerprint density at radius 2 is 1.78 bits per heavy atom. The first-order chi connectivity index (χ1) is 8.52. The summed E-state index contributed by atoms with van der Waals surface area (Å²) < 4.78 is 27.3. The minimum atomic E-state index is -0.440. The maximum atomic E-state index is 13.6. The molecule has 1 nitrogen and oxygen atoms in total. The minimum absolute atomic E-state index is 0.113. The lowest BCUT2D eigenvalue weighted by molar-refractivity contribution is 0.283. The van der Waals surface area contributed by atoms with Crippen molar-refractivity contribution in [1.82, 2.24) is 5.32 Å². The van der Waals surface area contributed by atoms with E-state index in [-0.39, 0.29) is 11.0 Å². The number of halogens is 2. The van der Waals surface area contributed by atoms with Crippen molar-refractivity contribution >= 4 is 0 Å². The Hall–Kier alpha value is -0.960. The number of nitrogens with one attached hydrogen (secondary N) is 1. The highest BCUT2D eigenvalue weighted by Gasteiger charge is 2.25. The first-order valence-corrected chi connectivity index (χ1v) is 6.66. The van der Waals surface area contributed by atoms with E-state index in [1.54, 1.807) is 0 Å². The second kappa shape index (κ2) is 6.83. The molecule has 1 aromatic rings. The Bertz CT molecular complexity index is 359. The molecule has 0 aliphatic carbocycles.